The molecule has 0 aliphatic carbocycles. The second kappa shape index (κ2) is 5.54. The summed E-state index contributed by atoms with van der Waals surface area (Å²) in [7, 11) is -1.37. The van der Waals surface area contributed by atoms with E-state index in [2.05, 4.69) is 0 Å². The molecule has 0 amide bonds. The van der Waals surface area contributed by atoms with E-state index in [-0.39, 0.29) is 0 Å². The lowest BCUT2D eigenvalue weighted by Crippen LogP contribution is -1.77. The molecule has 0 fully saturated rings. The zero-order chi connectivity index (χ0) is 6.41. The van der Waals surface area contributed by atoms with Gasteiger partial charge in [-0.25, -0.2) is 0 Å². The van der Waals surface area contributed by atoms with Gasteiger partial charge < -0.3 is 0 Å². The minimum Gasteiger partial charge on any atom is -0.146 e. The molecule has 0 aromatic carbocycles. The average molecular weight is 153 g/mol. The van der Waals surface area contributed by atoms with Crippen LogP contribution < -0.4 is 0 Å². The maximum Gasteiger partial charge on any atom is 0.519 e. The molecule has 0 rings (SSSR count). The molecule has 0 saturated heterocycles. The maximum atomic E-state index is 10.5. The van der Waals surface area contributed by atoms with Crippen LogP contribution in [0.15, 0.2) is 0 Å². The first-order valence-corrected chi connectivity index (χ1v) is 5.13. The molecule has 4 heteroatoms. The molecule has 0 bridgehead atoms. The first kappa shape index (κ1) is 8.41. The summed E-state index contributed by atoms with van der Waals surface area (Å²) in [5, 5.41) is 0. The number of hydrogen-bond acceptors (Lipinski definition) is 3. The molecule has 1 atom stereocenters. The van der Waals surface area contributed by atoms with Gasteiger partial charge >= 0.3 is 8.03 Å². The van der Waals surface area contributed by atoms with Crippen LogP contribution in [0.4, 0.5) is 0 Å². The Kier molecular flexibility index (Phi) is 5.83. The van der Waals surface area contributed by atoms with Gasteiger partial charge in [0.1, 0.15) is 0 Å². The molecule has 1 unspecified atom stereocenters. The van der Waals surface area contributed by atoms with Crippen LogP contribution in [0.1, 0.15) is 6.92 Å². The lowest BCUT2D eigenvalue weighted by molar-refractivity contribution is 0.353. The van der Waals surface area contributed by atoms with E-state index in [9.17, 15) is 4.57 Å². The molecule has 2 nitrogen and oxygen atoms in total. The summed E-state index contributed by atoms with van der Waals surface area (Å²) in [6.07, 6.45) is 1.91. The van der Waals surface area contributed by atoms with Gasteiger partial charge in [0.25, 0.3) is 0 Å². The standard InChI is InChI=1S/C4H10O2PS/c1-3-6-7(5)4-8-2/h3-4H2,1-2H3/q+1. The Bertz CT molecular complexity index is 68.4. The normalized spacial score (nSPS) is 11.5. The molecule has 0 saturated carbocycles. The minimum absolute atomic E-state index is 0.551. The van der Waals surface area contributed by atoms with Gasteiger partial charge in [0.15, 0.2) is 0 Å². The van der Waals surface area contributed by atoms with E-state index < -0.39 is 8.03 Å². The van der Waals surface area contributed by atoms with Crippen molar-refractivity contribution in [2.75, 3.05) is 18.4 Å². The smallest absolute Gasteiger partial charge is 0.146 e. The molecule has 8 heavy (non-hydrogen) atoms. The van der Waals surface area contributed by atoms with Crippen LogP contribution >= 0.6 is 19.8 Å². The van der Waals surface area contributed by atoms with Crippen molar-refractivity contribution in [3.8, 4) is 0 Å². The molecule has 0 N–H and O–H groups in total. The van der Waals surface area contributed by atoms with E-state index in [1.54, 1.807) is 11.8 Å². The fourth-order valence-corrected chi connectivity index (χ4v) is 1.72. The van der Waals surface area contributed by atoms with Gasteiger partial charge in [0.2, 0.25) is 5.49 Å². The van der Waals surface area contributed by atoms with Crippen molar-refractivity contribution in [1.82, 2.24) is 0 Å². The first-order valence-electron chi connectivity index (χ1n) is 2.37. The number of rotatable bonds is 4. The van der Waals surface area contributed by atoms with Crippen molar-refractivity contribution in [1.29, 1.82) is 0 Å². The summed E-state index contributed by atoms with van der Waals surface area (Å²) in [4.78, 5) is 0. The molecule has 0 aromatic rings. The summed E-state index contributed by atoms with van der Waals surface area (Å²) in [5.41, 5.74) is 0.614. The molecular weight excluding hydrogens is 143 g/mol. The fourth-order valence-electron chi connectivity index (χ4n) is 0.287. The Labute approximate surface area is 54.9 Å². The van der Waals surface area contributed by atoms with E-state index in [1.807, 2.05) is 13.2 Å². The highest BCUT2D eigenvalue weighted by Crippen LogP contribution is 2.25. The van der Waals surface area contributed by atoms with Crippen molar-refractivity contribution < 1.29 is 9.09 Å². The lowest BCUT2D eigenvalue weighted by atomic mass is 10.9. The Morgan fingerprint density at radius 3 is 2.75 bits per heavy atom. The average Bonchev–Trinajstić information content (AvgIpc) is 1.68. The van der Waals surface area contributed by atoms with E-state index in [0.717, 1.165) is 0 Å². The maximum absolute atomic E-state index is 10.5. The van der Waals surface area contributed by atoms with Gasteiger partial charge in [-0.05, 0) is 17.7 Å². The van der Waals surface area contributed by atoms with Crippen molar-refractivity contribution in [3.05, 3.63) is 0 Å². The van der Waals surface area contributed by atoms with Crippen LogP contribution in [0.2, 0.25) is 0 Å². The summed E-state index contributed by atoms with van der Waals surface area (Å²) >= 11 is 1.54. The Morgan fingerprint density at radius 1 is 1.75 bits per heavy atom. The molecular formula is C4H10O2PS+. The summed E-state index contributed by atoms with van der Waals surface area (Å²) in [6.45, 7) is 2.39. The van der Waals surface area contributed by atoms with Crippen LogP contribution in [0.5, 0.6) is 0 Å². The van der Waals surface area contributed by atoms with Gasteiger partial charge in [-0.2, -0.15) is 0 Å². The van der Waals surface area contributed by atoms with Gasteiger partial charge in [-0.15, -0.1) is 16.3 Å². The predicted molar refractivity (Wildman–Crippen MR) is 37.6 cm³/mol. The summed E-state index contributed by atoms with van der Waals surface area (Å²) in [6, 6.07) is 0. The molecule has 0 aliphatic heterocycles. The summed E-state index contributed by atoms with van der Waals surface area (Å²) < 4.78 is 15.3. The number of hydrogen-bond donors (Lipinski definition) is 0. The van der Waals surface area contributed by atoms with Crippen LogP contribution in [0.25, 0.3) is 0 Å². The van der Waals surface area contributed by atoms with E-state index in [0.29, 0.717) is 12.1 Å². The molecule has 0 radical (unpaired) electrons. The molecule has 0 spiro atoms. The highest BCUT2D eigenvalue weighted by Gasteiger charge is 2.12. The van der Waals surface area contributed by atoms with Crippen LogP contribution in [-0.4, -0.2) is 18.4 Å². The lowest BCUT2D eigenvalue weighted by Gasteiger charge is -1.79. The minimum atomic E-state index is -1.37. The van der Waals surface area contributed by atoms with Crippen LogP contribution in [0, 0.1) is 0 Å². The van der Waals surface area contributed by atoms with Gasteiger partial charge in [-0.3, -0.25) is 0 Å². The monoisotopic (exact) mass is 153 g/mol. The molecule has 0 aliphatic rings. The topological polar surface area (TPSA) is 26.3 Å². The fraction of sp³-hybridized carbons (Fsp3) is 1.00. The third kappa shape index (κ3) is 4.57. The second-order valence-corrected chi connectivity index (χ2v) is 3.70. The SMILES string of the molecule is CCO[P+](=O)CSC. The molecule has 0 heterocycles. The van der Waals surface area contributed by atoms with E-state index >= 15 is 0 Å². The van der Waals surface area contributed by atoms with Crippen molar-refractivity contribution in [2.45, 2.75) is 6.92 Å². The predicted octanol–water partition coefficient (Wildman–Crippen LogP) is 2.09. The Morgan fingerprint density at radius 2 is 2.38 bits per heavy atom. The second-order valence-electron chi connectivity index (χ2n) is 1.17. The quantitative estimate of drug-likeness (QED) is 0.578. The molecule has 48 valence electrons. The van der Waals surface area contributed by atoms with Gasteiger partial charge in [0, 0.05) is 0 Å². The third-order valence-corrected chi connectivity index (χ3v) is 2.93. The Hall–Kier alpha value is 0.410. The van der Waals surface area contributed by atoms with E-state index in [4.69, 9.17) is 4.52 Å². The largest absolute Gasteiger partial charge is 0.519 e. The van der Waals surface area contributed by atoms with Gasteiger partial charge in [0.05, 0.1) is 6.61 Å². The van der Waals surface area contributed by atoms with Crippen molar-refractivity contribution in [3.63, 3.8) is 0 Å². The molecule has 0 aromatic heterocycles. The highest BCUT2D eigenvalue weighted by molar-refractivity contribution is 8.02. The van der Waals surface area contributed by atoms with Crippen LogP contribution in [-0.2, 0) is 9.09 Å². The van der Waals surface area contributed by atoms with E-state index in [1.165, 1.54) is 0 Å². The van der Waals surface area contributed by atoms with Crippen LogP contribution in [0.3, 0.4) is 0 Å². The van der Waals surface area contributed by atoms with Crippen molar-refractivity contribution >= 4 is 19.8 Å². The van der Waals surface area contributed by atoms with Crippen molar-refractivity contribution in [2.24, 2.45) is 0 Å². The highest BCUT2D eigenvalue weighted by atomic mass is 32.2. The Balaban J connectivity index is 3.06. The third-order valence-electron chi connectivity index (χ3n) is 0.508. The summed E-state index contributed by atoms with van der Waals surface area (Å²) in [5.74, 6) is 0. The zero-order valence-electron chi connectivity index (χ0n) is 5.09. The number of thioether (sulfide) groups is 1. The first-order chi connectivity index (χ1) is 3.81. The zero-order valence-corrected chi connectivity index (χ0v) is 6.80. The van der Waals surface area contributed by atoms with Gasteiger partial charge in [-0.1, -0.05) is 0 Å².